The second-order valence-electron chi connectivity index (χ2n) is 3.72. The molecule has 19 heavy (non-hydrogen) atoms. The van der Waals surface area contributed by atoms with Crippen LogP contribution in [-0.4, -0.2) is 14.8 Å². The van der Waals surface area contributed by atoms with E-state index < -0.39 is 11.1 Å². The lowest BCUT2D eigenvalue weighted by Gasteiger charge is -2.06. The minimum absolute atomic E-state index is 0.311. The summed E-state index contributed by atoms with van der Waals surface area (Å²) in [5, 5.41) is 2.66. The number of nitrogens with one attached hydrogen (secondary N) is 1. The third-order valence-corrected chi connectivity index (χ3v) is 3.89. The van der Waals surface area contributed by atoms with Gasteiger partial charge in [-0.2, -0.15) is 4.98 Å². The van der Waals surface area contributed by atoms with E-state index in [2.05, 4.69) is 26.0 Å². The summed E-state index contributed by atoms with van der Waals surface area (Å²) in [6.07, 6.45) is 0. The van der Waals surface area contributed by atoms with E-state index in [1.165, 1.54) is 22.5 Å². The summed E-state index contributed by atoms with van der Waals surface area (Å²) >= 11 is 4.35. The first-order valence-electron chi connectivity index (χ1n) is 5.21. The number of halogens is 2. The van der Waals surface area contributed by atoms with Gasteiger partial charge in [-0.3, -0.25) is 19.4 Å². The Hall–Kier alpha value is -1.41. The molecule has 0 aliphatic carbocycles. The van der Waals surface area contributed by atoms with Crippen molar-refractivity contribution in [2.24, 2.45) is 7.05 Å². The van der Waals surface area contributed by atoms with Crippen LogP contribution in [0, 0.1) is 5.82 Å². The van der Waals surface area contributed by atoms with E-state index in [4.69, 9.17) is 0 Å². The van der Waals surface area contributed by atoms with Gasteiger partial charge in [-0.05, 0) is 17.7 Å². The van der Waals surface area contributed by atoms with Crippen molar-refractivity contribution >= 4 is 27.7 Å². The first-order chi connectivity index (χ1) is 8.97. The molecule has 8 heteroatoms. The average molecular weight is 346 g/mol. The Morgan fingerprint density at radius 3 is 2.89 bits per heavy atom. The molecular formula is C11H9BrFN3O2S. The Labute approximate surface area is 120 Å². The maximum Gasteiger partial charge on any atom is 0.339 e. The molecule has 5 nitrogen and oxygen atoms in total. The predicted molar refractivity (Wildman–Crippen MR) is 73.8 cm³/mol. The van der Waals surface area contributed by atoms with Crippen LogP contribution in [0.4, 0.5) is 4.39 Å². The van der Waals surface area contributed by atoms with Gasteiger partial charge in [-0.25, -0.2) is 4.39 Å². The summed E-state index contributed by atoms with van der Waals surface area (Å²) in [6, 6.07) is 4.75. The largest absolute Gasteiger partial charge is 0.339 e. The highest BCUT2D eigenvalue weighted by Gasteiger charge is 2.08. The van der Waals surface area contributed by atoms with Crippen LogP contribution < -0.4 is 11.1 Å². The fourth-order valence-electron chi connectivity index (χ4n) is 1.37. The summed E-state index contributed by atoms with van der Waals surface area (Å²) in [5.74, 6) is -0.0258. The van der Waals surface area contributed by atoms with E-state index >= 15 is 0 Å². The smallest absolute Gasteiger partial charge is 0.265 e. The zero-order valence-corrected chi connectivity index (χ0v) is 12.2. The van der Waals surface area contributed by atoms with Gasteiger partial charge in [0.2, 0.25) is 0 Å². The molecule has 0 radical (unpaired) electrons. The average Bonchev–Trinajstić information content (AvgIpc) is 2.34. The van der Waals surface area contributed by atoms with E-state index in [1.54, 1.807) is 19.2 Å². The number of aromatic nitrogens is 3. The molecule has 1 N–H and O–H groups in total. The summed E-state index contributed by atoms with van der Waals surface area (Å²) in [7, 11) is 1.56. The van der Waals surface area contributed by atoms with Crippen LogP contribution in [-0.2, 0) is 12.8 Å². The lowest BCUT2D eigenvalue weighted by atomic mass is 10.2. The minimum atomic E-state index is -0.850. The van der Waals surface area contributed by atoms with Gasteiger partial charge in [0.15, 0.2) is 5.16 Å². The number of thioether (sulfide) groups is 1. The predicted octanol–water partition coefficient (Wildman–Crippen LogP) is 1.66. The van der Waals surface area contributed by atoms with Gasteiger partial charge in [0.25, 0.3) is 0 Å². The van der Waals surface area contributed by atoms with Crippen molar-refractivity contribution in [3.8, 4) is 0 Å². The van der Waals surface area contributed by atoms with E-state index in [-0.39, 0.29) is 5.82 Å². The van der Waals surface area contributed by atoms with Crippen LogP contribution in [0.2, 0.25) is 0 Å². The van der Waals surface area contributed by atoms with Gasteiger partial charge < -0.3 is 0 Å². The Morgan fingerprint density at radius 2 is 2.21 bits per heavy atom. The van der Waals surface area contributed by atoms with Crippen LogP contribution in [0.25, 0.3) is 0 Å². The normalized spacial score (nSPS) is 10.7. The van der Waals surface area contributed by atoms with Gasteiger partial charge in [0.1, 0.15) is 5.82 Å². The Bertz CT molecular complexity index is 729. The van der Waals surface area contributed by atoms with Crippen molar-refractivity contribution in [3.05, 3.63) is 54.8 Å². The summed E-state index contributed by atoms with van der Waals surface area (Å²) in [5.41, 5.74) is -1.13. The molecule has 0 saturated carbocycles. The number of rotatable bonds is 3. The molecule has 0 aliphatic rings. The third kappa shape index (κ3) is 3.32. The molecule has 100 valence electrons. The van der Waals surface area contributed by atoms with Gasteiger partial charge in [0, 0.05) is 17.3 Å². The first kappa shape index (κ1) is 14.0. The topological polar surface area (TPSA) is 67.8 Å². The van der Waals surface area contributed by atoms with Gasteiger partial charge >= 0.3 is 11.1 Å². The number of hydrogen-bond acceptors (Lipinski definition) is 4. The second kappa shape index (κ2) is 5.70. The van der Waals surface area contributed by atoms with Crippen molar-refractivity contribution in [3.63, 3.8) is 0 Å². The summed E-state index contributed by atoms with van der Waals surface area (Å²) < 4.78 is 15.6. The molecule has 0 aliphatic heterocycles. The zero-order chi connectivity index (χ0) is 14.0. The fraction of sp³-hybridized carbons (Fsp3) is 0.182. The SMILES string of the molecule is Cn1[nH]c(=O)c(=O)nc1SCc1ccc(Br)cc1F. The molecule has 1 aromatic carbocycles. The highest BCUT2D eigenvalue weighted by Crippen LogP contribution is 2.22. The lowest BCUT2D eigenvalue weighted by Crippen LogP contribution is -2.33. The molecule has 1 aromatic heterocycles. The number of nitrogens with zero attached hydrogens (tertiary/aromatic N) is 2. The van der Waals surface area contributed by atoms with Crippen LogP contribution in [0.5, 0.6) is 0 Å². The van der Waals surface area contributed by atoms with Crippen LogP contribution in [0.3, 0.4) is 0 Å². The molecule has 0 atom stereocenters. The highest BCUT2D eigenvalue weighted by molar-refractivity contribution is 9.10. The molecule has 2 rings (SSSR count). The second-order valence-corrected chi connectivity index (χ2v) is 5.58. The van der Waals surface area contributed by atoms with E-state index in [9.17, 15) is 14.0 Å². The monoisotopic (exact) mass is 345 g/mol. The van der Waals surface area contributed by atoms with Crippen LogP contribution in [0.1, 0.15) is 5.56 Å². The van der Waals surface area contributed by atoms with E-state index in [0.717, 1.165) is 0 Å². The van der Waals surface area contributed by atoms with E-state index in [1.807, 2.05) is 0 Å². The van der Waals surface area contributed by atoms with Crippen molar-refractivity contribution in [1.82, 2.24) is 14.8 Å². The quantitative estimate of drug-likeness (QED) is 0.678. The Kier molecular flexibility index (Phi) is 4.20. The zero-order valence-electron chi connectivity index (χ0n) is 9.81. The Morgan fingerprint density at radius 1 is 1.47 bits per heavy atom. The van der Waals surface area contributed by atoms with Crippen molar-refractivity contribution in [1.29, 1.82) is 0 Å². The van der Waals surface area contributed by atoms with Crippen molar-refractivity contribution in [2.45, 2.75) is 10.9 Å². The van der Waals surface area contributed by atoms with Crippen LogP contribution in [0.15, 0.2) is 37.4 Å². The lowest BCUT2D eigenvalue weighted by molar-refractivity contribution is 0.595. The van der Waals surface area contributed by atoms with Crippen LogP contribution >= 0.6 is 27.7 Å². The molecule has 0 spiro atoms. The summed E-state index contributed by atoms with van der Waals surface area (Å²) in [4.78, 5) is 25.8. The molecule has 2 aromatic rings. The maximum absolute atomic E-state index is 13.6. The molecular weight excluding hydrogens is 337 g/mol. The summed E-state index contributed by atoms with van der Waals surface area (Å²) in [6.45, 7) is 0. The van der Waals surface area contributed by atoms with Crippen molar-refractivity contribution < 1.29 is 4.39 Å². The molecule has 0 amide bonds. The van der Waals surface area contributed by atoms with Gasteiger partial charge in [-0.15, -0.1) is 0 Å². The minimum Gasteiger partial charge on any atom is -0.265 e. The van der Waals surface area contributed by atoms with Gasteiger partial charge in [-0.1, -0.05) is 33.8 Å². The number of H-pyrrole nitrogens is 1. The molecule has 0 saturated heterocycles. The molecule has 0 bridgehead atoms. The fourth-order valence-corrected chi connectivity index (χ4v) is 2.61. The van der Waals surface area contributed by atoms with E-state index in [0.29, 0.717) is 20.9 Å². The standard InChI is InChI=1S/C11H9BrFN3O2S/c1-16-11(14-9(17)10(18)15-16)19-5-6-2-3-7(12)4-8(6)13/h2-4H,5H2,1H3,(H,15,18). The molecule has 0 fully saturated rings. The molecule has 1 heterocycles. The Balaban J connectivity index is 2.21. The molecule has 0 unspecified atom stereocenters. The number of benzene rings is 1. The number of aryl methyl sites for hydroxylation is 1. The third-order valence-electron chi connectivity index (χ3n) is 2.32. The maximum atomic E-state index is 13.6. The first-order valence-corrected chi connectivity index (χ1v) is 6.99. The van der Waals surface area contributed by atoms with Crippen molar-refractivity contribution in [2.75, 3.05) is 0 Å². The highest BCUT2D eigenvalue weighted by atomic mass is 79.9. The number of hydrogen-bond donors (Lipinski definition) is 1. The number of aromatic amines is 1. The van der Waals surface area contributed by atoms with Gasteiger partial charge in [0.05, 0.1) is 0 Å².